The van der Waals surface area contributed by atoms with Crippen LogP contribution >= 0.6 is 0 Å². The summed E-state index contributed by atoms with van der Waals surface area (Å²) in [5.41, 5.74) is 8.29. The summed E-state index contributed by atoms with van der Waals surface area (Å²) in [6.45, 7) is 9.51. The van der Waals surface area contributed by atoms with E-state index in [2.05, 4.69) is 31.1 Å². The number of benzene rings is 1. The van der Waals surface area contributed by atoms with Gasteiger partial charge in [0.05, 0.1) is 23.7 Å². The van der Waals surface area contributed by atoms with Crippen molar-refractivity contribution < 1.29 is 4.74 Å². The first kappa shape index (κ1) is 15.6. The van der Waals surface area contributed by atoms with Crippen molar-refractivity contribution in [2.45, 2.75) is 45.7 Å². The van der Waals surface area contributed by atoms with E-state index in [9.17, 15) is 0 Å². The first-order valence-corrected chi connectivity index (χ1v) is 7.70. The summed E-state index contributed by atoms with van der Waals surface area (Å²) in [6, 6.07) is 6.00. The van der Waals surface area contributed by atoms with Crippen LogP contribution in [0.1, 0.15) is 45.0 Å². The van der Waals surface area contributed by atoms with Gasteiger partial charge in [-0.3, -0.25) is 0 Å². The fraction of sp³-hybridized carbons (Fsp3) is 0.471. The molecule has 2 aromatic rings. The zero-order chi connectivity index (χ0) is 15.2. The average molecular weight is 287 g/mol. The summed E-state index contributed by atoms with van der Waals surface area (Å²) < 4.78 is 7.82. The Morgan fingerprint density at radius 2 is 2.19 bits per heavy atom. The number of aromatic nitrogens is 2. The van der Waals surface area contributed by atoms with Crippen molar-refractivity contribution in [1.29, 1.82) is 0 Å². The van der Waals surface area contributed by atoms with Crippen LogP contribution in [-0.4, -0.2) is 16.2 Å². The second kappa shape index (κ2) is 7.27. The lowest BCUT2D eigenvalue weighted by molar-refractivity contribution is 0.318. The van der Waals surface area contributed by atoms with Crippen molar-refractivity contribution in [3.05, 3.63) is 36.7 Å². The number of imidazole rings is 1. The van der Waals surface area contributed by atoms with Gasteiger partial charge in [0.2, 0.25) is 0 Å². The molecule has 114 valence electrons. The Balaban J connectivity index is 2.42. The molecule has 0 aliphatic heterocycles. The molecule has 2 rings (SSSR count). The lowest BCUT2D eigenvalue weighted by Gasteiger charge is -2.12. The van der Waals surface area contributed by atoms with E-state index in [1.165, 1.54) is 0 Å². The lowest BCUT2D eigenvalue weighted by atomic mass is 10.2. The van der Waals surface area contributed by atoms with Crippen LogP contribution in [0, 0.1) is 0 Å². The van der Waals surface area contributed by atoms with Gasteiger partial charge in [0.15, 0.2) is 0 Å². The van der Waals surface area contributed by atoms with Gasteiger partial charge in [-0.05, 0) is 25.0 Å². The minimum absolute atomic E-state index is 0.0395. The van der Waals surface area contributed by atoms with E-state index in [1.54, 1.807) is 0 Å². The fourth-order valence-electron chi connectivity index (χ4n) is 2.48. The second-order valence-electron chi connectivity index (χ2n) is 5.26. The summed E-state index contributed by atoms with van der Waals surface area (Å²) >= 11 is 0. The van der Waals surface area contributed by atoms with Gasteiger partial charge in [-0.1, -0.05) is 26.3 Å². The van der Waals surface area contributed by atoms with Gasteiger partial charge >= 0.3 is 0 Å². The maximum absolute atomic E-state index is 6.27. The number of allylic oxidation sites excluding steroid dienone is 1. The third-order valence-corrected chi connectivity index (χ3v) is 3.47. The highest BCUT2D eigenvalue weighted by atomic mass is 16.5. The Labute approximate surface area is 126 Å². The molecule has 0 aliphatic carbocycles. The van der Waals surface area contributed by atoms with Crippen LogP contribution in [0.3, 0.4) is 0 Å². The molecule has 2 N–H and O–H groups in total. The molecule has 1 unspecified atom stereocenters. The first-order valence-electron chi connectivity index (χ1n) is 7.70. The number of nitrogens with zero attached hydrogens (tertiary/aromatic N) is 2. The highest BCUT2D eigenvalue weighted by Crippen LogP contribution is 2.25. The number of rotatable bonds is 8. The van der Waals surface area contributed by atoms with Crippen molar-refractivity contribution in [3.8, 4) is 5.75 Å². The normalized spacial score (nSPS) is 12.5. The van der Waals surface area contributed by atoms with E-state index >= 15 is 0 Å². The van der Waals surface area contributed by atoms with E-state index in [4.69, 9.17) is 15.5 Å². The van der Waals surface area contributed by atoms with Crippen LogP contribution in [0.15, 0.2) is 30.9 Å². The first-order chi connectivity index (χ1) is 10.2. The summed E-state index contributed by atoms with van der Waals surface area (Å²) in [5.74, 6) is 1.79. The molecule has 0 saturated carbocycles. The van der Waals surface area contributed by atoms with Crippen LogP contribution in [-0.2, 0) is 6.54 Å². The number of fused-ring (bicyclic) bond motifs is 1. The lowest BCUT2D eigenvalue weighted by Crippen LogP contribution is -2.16. The molecule has 0 radical (unpaired) electrons. The summed E-state index contributed by atoms with van der Waals surface area (Å²) in [7, 11) is 0. The average Bonchev–Trinajstić information content (AvgIpc) is 2.84. The van der Waals surface area contributed by atoms with Crippen molar-refractivity contribution in [3.63, 3.8) is 0 Å². The predicted molar refractivity (Wildman–Crippen MR) is 87.6 cm³/mol. The quantitative estimate of drug-likeness (QED) is 0.751. The Kier molecular flexibility index (Phi) is 5.39. The molecule has 0 fully saturated rings. The van der Waals surface area contributed by atoms with E-state index < -0.39 is 0 Å². The van der Waals surface area contributed by atoms with Crippen LogP contribution in [0.2, 0.25) is 0 Å². The molecule has 1 aromatic heterocycles. The molecule has 1 aromatic carbocycles. The van der Waals surface area contributed by atoms with Crippen LogP contribution in [0.4, 0.5) is 0 Å². The van der Waals surface area contributed by atoms with Crippen LogP contribution in [0.25, 0.3) is 11.0 Å². The van der Waals surface area contributed by atoms with Crippen LogP contribution < -0.4 is 10.5 Å². The van der Waals surface area contributed by atoms with Crippen molar-refractivity contribution in [2.75, 3.05) is 6.61 Å². The van der Waals surface area contributed by atoms with Crippen molar-refractivity contribution in [2.24, 2.45) is 5.73 Å². The fourth-order valence-corrected chi connectivity index (χ4v) is 2.48. The summed E-state index contributed by atoms with van der Waals surface area (Å²) in [5, 5.41) is 0. The Bertz CT molecular complexity index is 603. The molecule has 0 aliphatic rings. The van der Waals surface area contributed by atoms with Gasteiger partial charge in [0, 0.05) is 12.6 Å². The predicted octanol–water partition coefficient (Wildman–Crippen LogP) is 3.81. The molecule has 0 spiro atoms. The summed E-state index contributed by atoms with van der Waals surface area (Å²) in [4.78, 5) is 4.73. The standard InChI is InChI=1S/C17H25N3O/c1-4-7-14(18)17-19-15-12-13(21-11-6-3)8-9-16(15)20(17)10-5-2/h5,8-9,12,14H,2,4,6-7,10-11,18H2,1,3H3. The Morgan fingerprint density at radius 3 is 2.86 bits per heavy atom. The molecular weight excluding hydrogens is 262 g/mol. The van der Waals surface area contributed by atoms with Crippen molar-refractivity contribution in [1.82, 2.24) is 9.55 Å². The Morgan fingerprint density at radius 1 is 1.38 bits per heavy atom. The molecule has 1 atom stereocenters. The molecule has 4 nitrogen and oxygen atoms in total. The minimum Gasteiger partial charge on any atom is -0.494 e. The number of hydrogen-bond acceptors (Lipinski definition) is 3. The minimum atomic E-state index is -0.0395. The third-order valence-electron chi connectivity index (χ3n) is 3.47. The van der Waals surface area contributed by atoms with Gasteiger partial charge in [-0.15, -0.1) is 6.58 Å². The number of hydrogen-bond donors (Lipinski definition) is 1. The molecular formula is C17H25N3O. The van der Waals surface area contributed by atoms with Gasteiger partial charge in [-0.2, -0.15) is 0 Å². The third kappa shape index (κ3) is 3.45. The smallest absolute Gasteiger partial charge is 0.127 e. The molecule has 0 amide bonds. The molecule has 1 heterocycles. The van der Waals surface area contributed by atoms with Gasteiger partial charge < -0.3 is 15.0 Å². The molecule has 0 saturated heterocycles. The van der Waals surface area contributed by atoms with E-state index in [1.807, 2.05) is 18.2 Å². The van der Waals surface area contributed by atoms with Gasteiger partial charge in [0.1, 0.15) is 11.6 Å². The zero-order valence-electron chi connectivity index (χ0n) is 13.0. The highest BCUT2D eigenvalue weighted by molar-refractivity contribution is 5.78. The van der Waals surface area contributed by atoms with Gasteiger partial charge in [-0.25, -0.2) is 4.98 Å². The zero-order valence-corrected chi connectivity index (χ0v) is 13.0. The SMILES string of the molecule is C=CCn1c(C(N)CCC)nc2cc(OCCC)ccc21. The number of nitrogens with two attached hydrogens (primary N) is 1. The molecule has 0 bridgehead atoms. The molecule has 4 heteroatoms. The van der Waals surface area contributed by atoms with Gasteiger partial charge in [0.25, 0.3) is 0 Å². The second-order valence-corrected chi connectivity index (χ2v) is 5.26. The highest BCUT2D eigenvalue weighted by Gasteiger charge is 2.16. The number of ether oxygens (including phenoxy) is 1. The maximum Gasteiger partial charge on any atom is 0.127 e. The van der Waals surface area contributed by atoms with E-state index in [-0.39, 0.29) is 6.04 Å². The van der Waals surface area contributed by atoms with E-state index in [0.29, 0.717) is 0 Å². The monoisotopic (exact) mass is 287 g/mol. The largest absolute Gasteiger partial charge is 0.494 e. The molecule has 21 heavy (non-hydrogen) atoms. The van der Waals surface area contributed by atoms with Crippen molar-refractivity contribution >= 4 is 11.0 Å². The maximum atomic E-state index is 6.27. The Hall–Kier alpha value is -1.81. The van der Waals surface area contributed by atoms with Crippen LogP contribution in [0.5, 0.6) is 5.75 Å². The summed E-state index contributed by atoms with van der Waals surface area (Å²) in [6.07, 6.45) is 4.85. The van der Waals surface area contributed by atoms with E-state index in [0.717, 1.165) is 55.0 Å². The topological polar surface area (TPSA) is 53.1 Å².